The minimum Gasteiger partial charge on any atom is -0.518 e. The van der Waals surface area contributed by atoms with Gasteiger partial charge in [0, 0.05) is 26.2 Å². The van der Waals surface area contributed by atoms with E-state index < -0.39 is 18.6 Å². The zero-order chi connectivity index (χ0) is 27.1. The van der Waals surface area contributed by atoms with Gasteiger partial charge in [-0.3, -0.25) is 6.08 Å². The third-order valence-electron chi connectivity index (χ3n) is 4.59. The predicted molar refractivity (Wildman–Crippen MR) is 131 cm³/mol. The van der Waals surface area contributed by atoms with E-state index in [0.717, 1.165) is 12.3 Å². The van der Waals surface area contributed by atoms with Crippen molar-refractivity contribution in [2.75, 3.05) is 13.2 Å². The first-order valence-electron chi connectivity index (χ1n) is 11.2. The van der Waals surface area contributed by atoms with E-state index in [0.29, 0.717) is 6.61 Å². The van der Waals surface area contributed by atoms with Crippen LogP contribution < -0.4 is 18.6 Å². The monoisotopic (exact) mass is 605 g/mol. The van der Waals surface area contributed by atoms with E-state index in [9.17, 15) is 0 Å². The van der Waals surface area contributed by atoms with Crippen LogP contribution in [0, 0.1) is 86.9 Å². The number of aliphatic hydroxyl groups excluding tert-OH is 1. The van der Waals surface area contributed by atoms with Gasteiger partial charge in [0.05, 0.1) is 6.92 Å². The Hall–Kier alpha value is 0.760. The van der Waals surface area contributed by atoms with Gasteiger partial charge in [0.2, 0.25) is 0 Å². The molecule has 200 valence electrons. The molecule has 0 amide bonds. The summed E-state index contributed by atoms with van der Waals surface area (Å²) in [4.78, 5) is 0. The van der Waals surface area contributed by atoms with E-state index in [2.05, 4.69) is 40.8 Å². The van der Waals surface area contributed by atoms with Crippen molar-refractivity contribution < 1.29 is 64.6 Å². The Morgan fingerprint density at radius 2 is 1.23 bits per heavy atom. The predicted octanol–water partition coefficient (Wildman–Crippen LogP) is 2.05. The van der Waals surface area contributed by atoms with Gasteiger partial charge in [-0.05, 0) is 82.3 Å². The second-order valence-electron chi connectivity index (χ2n) is 8.84. The van der Waals surface area contributed by atoms with Crippen LogP contribution in [0.25, 0.3) is 0 Å². The summed E-state index contributed by atoms with van der Waals surface area (Å²) in [5.41, 5.74) is 0. The number of hydrogen-bond donors (Lipinski definition) is 1. The SMILES string of the molecule is C[C+](CO)CO[Si](C)(C)C(C)(C)C.[CH-]=CCCCC.[CH]1[CH][CH][CH][CH]1.[CH]1[CH][CH][CH][CH]1.[O-][Cl+3]([O-])([O-])[O-].[Zr]. The van der Waals surface area contributed by atoms with Crippen molar-refractivity contribution in [3.8, 4) is 0 Å². The molecule has 10 radical (unpaired) electrons. The zero-order valence-electron chi connectivity index (χ0n) is 22.3. The second-order valence-corrected chi connectivity index (χ2v) is 14.4. The Balaban J connectivity index is -0.000000184. The van der Waals surface area contributed by atoms with Gasteiger partial charge in [-0.2, -0.15) is 0 Å². The van der Waals surface area contributed by atoms with Gasteiger partial charge in [0.15, 0.2) is 21.5 Å². The number of aliphatic hydroxyl groups is 1. The molecule has 0 atom stereocenters. The summed E-state index contributed by atoms with van der Waals surface area (Å²) in [6.07, 6.45) is 25.3. The first-order valence-corrected chi connectivity index (χ1v) is 15.3. The first-order chi connectivity index (χ1) is 15.6. The summed E-state index contributed by atoms with van der Waals surface area (Å²) >= 11 is 0. The third-order valence-corrected chi connectivity index (χ3v) is 9.07. The van der Waals surface area contributed by atoms with Crippen molar-refractivity contribution >= 4 is 8.32 Å². The van der Waals surface area contributed by atoms with Gasteiger partial charge in [-0.25, -0.2) is 18.6 Å². The molecule has 0 aliphatic heterocycles. The normalized spacial score (nSPS) is 14.9. The van der Waals surface area contributed by atoms with Crippen LogP contribution in [0.1, 0.15) is 53.9 Å². The van der Waals surface area contributed by atoms with E-state index in [1.54, 1.807) is 6.08 Å². The smallest absolute Gasteiger partial charge is 0.197 e. The maximum absolute atomic E-state index is 8.83. The minimum absolute atomic E-state index is 0. The molecule has 0 spiro atoms. The van der Waals surface area contributed by atoms with Crippen molar-refractivity contribution in [1.82, 2.24) is 0 Å². The van der Waals surface area contributed by atoms with Crippen LogP contribution in [-0.4, -0.2) is 26.6 Å². The van der Waals surface area contributed by atoms with Crippen LogP contribution in [0.5, 0.6) is 0 Å². The maximum Gasteiger partial charge on any atom is 0.197 e. The fraction of sp³-hybridized carbons (Fsp3) is 0.500. The Morgan fingerprint density at radius 3 is 1.40 bits per heavy atom. The number of halogens is 1. The standard InChI is InChI=1S/C10H23O2Si.C6H11.2C5H5.ClHO4.Zr/c1-9(7-11)8-12-13(5,6)10(2,3)4;1-3-5-6-4-2;2*1-2-4-5-3-1;2-1(3,4)5;/h11H,7-8H2,1-6H3;1,3H,4-6H2,2H3;2*1-5H;(H,2,3,4,5);/q+1;-1;;;;/p-1. The Labute approximate surface area is 239 Å². The van der Waals surface area contributed by atoms with Crippen molar-refractivity contribution in [3.05, 3.63) is 82.8 Å². The van der Waals surface area contributed by atoms with Crippen LogP contribution in [-0.2, 0) is 30.6 Å². The van der Waals surface area contributed by atoms with E-state index in [4.69, 9.17) is 34.7 Å². The summed E-state index contributed by atoms with van der Waals surface area (Å²) in [7, 11) is -6.56. The molecule has 2 fully saturated rings. The number of allylic oxidation sites excluding steroid dienone is 1. The van der Waals surface area contributed by atoms with Gasteiger partial charge < -0.3 is 16.1 Å². The molecular formula is C26H44ClO6SiZr-. The molecule has 0 aromatic heterocycles. The van der Waals surface area contributed by atoms with Crippen LogP contribution in [0.2, 0.25) is 18.1 Å². The van der Waals surface area contributed by atoms with Crippen molar-refractivity contribution in [2.24, 2.45) is 0 Å². The van der Waals surface area contributed by atoms with E-state index >= 15 is 0 Å². The van der Waals surface area contributed by atoms with Crippen molar-refractivity contribution in [1.29, 1.82) is 0 Å². The number of unbranched alkanes of at least 4 members (excludes halogenated alkanes) is 2. The number of rotatable bonds is 7. The molecule has 35 heavy (non-hydrogen) atoms. The van der Waals surface area contributed by atoms with Gasteiger partial charge in [0.1, 0.15) is 5.92 Å². The molecule has 0 bridgehead atoms. The van der Waals surface area contributed by atoms with Gasteiger partial charge in [0.25, 0.3) is 0 Å². The topological polar surface area (TPSA) is 122 Å². The van der Waals surface area contributed by atoms with E-state index in [-0.39, 0.29) is 37.8 Å². The Morgan fingerprint density at radius 1 is 0.914 bits per heavy atom. The third kappa shape index (κ3) is 39.4. The molecule has 0 aromatic rings. The van der Waals surface area contributed by atoms with Crippen molar-refractivity contribution in [2.45, 2.75) is 72.0 Å². The molecule has 2 rings (SSSR count). The van der Waals surface area contributed by atoms with E-state index in [1.807, 2.05) is 71.1 Å². The molecule has 0 saturated heterocycles. The fourth-order valence-electron chi connectivity index (χ4n) is 1.53. The molecule has 0 unspecified atom stereocenters. The van der Waals surface area contributed by atoms with Crippen LogP contribution in [0.15, 0.2) is 6.08 Å². The Bertz CT molecular complexity index is 403. The maximum atomic E-state index is 8.83. The molecule has 6 nitrogen and oxygen atoms in total. The molecule has 9 heteroatoms. The molecule has 1 N–H and O–H groups in total. The van der Waals surface area contributed by atoms with Gasteiger partial charge in [-0.15, -0.1) is 10.2 Å². The summed E-state index contributed by atoms with van der Waals surface area (Å²) < 4.78 is 39.9. The average molecular weight is 607 g/mol. The van der Waals surface area contributed by atoms with Crippen LogP contribution in [0.3, 0.4) is 0 Å². The van der Waals surface area contributed by atoms with Gasteiger partial charge in [-0.1, -0.05) is 47.0 Å². The first kappa shape index (κ1) is 42.8. The summed E-state index contributed by atoms with van der Waals surface area (Å²) in [5, 5.41) is 9.09. The minimum atomic E-state index is -4.94. The average Bonchev–Trinajstić information content (AvgIpc) is 3.47. The van der Waals surface area contributed by atoms with Crippen molar-refractivity contribution in [3.63, 3.8) is 0 Å². The summed E-state index contributed by atoms with van der Waals surface area (Å²) in [6.45, 7) is 21.0. The van der Waals surface area contributed by atoms with Crippen LogP contribution >= 0.6 is 0 Å². The second kappa shape index (κ2) is 26.4. The molecule has 0 aromatic carbocycles. The molecular weight excluding hydrogens is 563 g/mol. The summed E-state index contributed by atoms with van der Waals surface area (Å²) in [5.74, 6) is 1.00. The van der Waals surface area contributed by atoms with Gasteiger partial charge >= 0.3 is 0 Å². The summed E-state index contributed by atoms with van der Waals surface area (Å²) in [6, 6.07) is 0. The fourth-order valence-corrected chi connectivity index (χ4v) is 2.57. The van der Waals surface area contributed by atoms with E-state index in [1.165, 1.54) is 12.8 Å². The molecule has 2 aliphatic rings. The molecule has 0 heterocycles. The number of hydrogen-bond acceptors (Lipinski definition) is 6. The molecule has 2 saturated carbocycles. The Kier molecular flexibility index (Phi) is 32.3. The zero-order valence-corrected chi connectivity index (χ0v) is 26.5. The van der Waals surface area contributed by atoms with Crippen LogP contribution in [0.4, 0.5) is 0 Å². The largest absolute Gasteiger partial charge is 0.518 e. The molecule has 2 aliphatic carbocycles. The quantitative estimate of drug-likeness (QED) is 0.269.